The summed E-state index contributed by atoms with van der Waals surface area (Å²) in [4.78, 5) is 8.59. The Bertz CT molecular complexity index is 787. The molecule has 2 aromatic rings. The van der Waals surface area contributed by atoms with Crippen molar-refractivity contribution in [3.63, 3.8) is 0 Å². The average Bonchev–Trinajstić information content (AvgIpc) is 2.49. The molecular weight excluding hydrogens is 286 g/mol. The van der Waals surface area contributed by atoms with E-state index < -0.39 is 10.0 Å². The summed E-state index contributed by atoms with van der Waals surface area (Å²) in [5.41, 5.74) is 3.55. The van der Waals surface area contributed by atoms with Crippen LogP contribution >= 0.6 is 0 Å². The summed E-state index contributed by atoms with van der Waals surface area (Å²) in [6.07, 6.45) is 3.84. The van der Waals surface area contributed by atoms with Gasteiger partial charge in [-0.1, -0.05) is 12.1 Å². The summed E-state index contributed by atoms with van der Waals surface area (Å²) >= 11 is 0. The number of hydrogen-bond acceptors (Lipinski definition) is 4. The molecule has 0 fully saturated rings. The molecule has 1 aliphatic heterocycles. The Morgan fingerprint density at radius 2 is 2.05 bits per heavy atom. The molecule has 0 bridgehead atoms. The van der Waals surface area contributed by atoms with Gasteiger partial charge in [0, 0.05) is 37.0 Å². The maximum absolute atomic E-state index is 12.9. The normalized spacial score (nSPS) is 15.7. The van der Waals surface area contributed by atoms with Gasteiger partial charge < -0.3 is 0 Å². The molecule has 0 saturated carbocycles. The van der Waals surface area contributed by atoms with Crippen LogP contribution in [-0.2, 0) is 23.0 Å². The van der Waals surface area contributed by atoms with Gasteiger partial charge in [-0.2, -0.15) is 4.31 Å². The summed E-state index contributed by atoms with van der Waals surface area (Å²) in [5.74, 6) is 0. The fourth-order valence-electron chi connectivity index (χ4n) is 2.57. The smallest absolute Gasteiger partial charge is 0.243 e. The van der Waals surface area contributed by atoms with Crippen molar-refractivity contribution < 1.29 is 8.42 Å². The summed E-state index contributed by atoms with van der Waals surface area (Å²) in [5, 5.41) is 0. The summed E-state index contributed by atoms with van der Waals surface area (Å²) in [6, 6.07) is 5.51. The zero-order valence-corrected chi connectivity index (χ0v) is 12.9. The Morgan fingerprint density at radius 3 is 2.86 bits per heavy atom. The highest BCUT2D eigenvalue weighted by atomic mass is 32.2. The average molecular weight is 303 g/mol. The van der Waals surface area contributed by atoms with Crippen molar-refractivity contribution in [2.75, 3.05) is 6.54 Å². The van der Waals surface area contributed by atoms with Gasteiger partial charge in [-0.3, -0.25) is 0 Å². The third-order valence-corrected chi connectivity index (χ3v) is 5.77. The van der Waals surface area contributed by atoms with E-state index in [1.807, 2.05) is 26.0 Å². The third-order valence-electron chi connectivity index (χ3n) is 3.79. The van der Waals surface area contributed by atoms with Crippen LogP contribution in [0, 0.1) is 13.8 Å². The zero-order valence-electron chi connectivity index (χ0n) is 12.1. The fraction of sp³-hybridized carbons (Fsp3) is 0.333. The number of nitrogens with zero attached hydrogens (tertiary/aromatic N) is 3. The largest absolute Gasteiger partial charge is 0.244 e. The predicted molar refractivity (Wildman–Crippen MR) is 79.2 cm³/mol. The lowest BCUT2D eigenvalue weighted by molar-refractivity contribution is 0.386. The third kappa shape index (κ3) is 2.56. The van der Waals surface area contributed by atoms with Gasteiger partial charge in [-0.25, -0.2) is 18.4 Å². The minimum atomic E-state index is -3.48. The molecular formula is C15H17N3O2S. The monoisotopic (exact) mass is 303 g/mol. The number of sulfonamides is 1. The molecule has 1 aromatic carbocycles. The van der Waals surface area contributed by atoms with Gasteiger partial charge in [-0.05, 0) is 31.0 Å². The number of hydrogen-bond donors (Lipinski definition) is 0. The molecule has 0 spiro atoms. The van der Waals surface area contributed by atoms with E-state index in [0.717, 1.165) is 22.4 Å². The van der Waals surface area contributed by atoms with Crippen LogP contribution in [0.2, 0.25) is 0 Å². The molecule has 0 unspecified atom stereocenters. The first-order chi connectivity index (χ1) is 9.98. The highest BCUT2D eigenvalue weighted by molar-refractivity contribution is 7.89. The van der Waals surface area contributed by atoms with Gasteiger partial charge in [0.2, 0.25) is 10.0 Å². The van der Waals surface area contributed by atoms with Gasteiger partial charge in [0.1, 0.15) is 6.33 Å². The van der Waals surface area contributed by atoms with Crippen molar-refractivity contribution in [3.05, 3.63) is 53.1 Å². The second-order valence-corrected chi connectivity index (χ2v) is 7.26. The van der Waals surface area contributed by atoms with Gasteiger partial charge in [0.05, 0.1) is 4.90 Å². The lowest BCUT2D eigenvalue weighted by Gasteiger charge is -2.27. The predicted octanol–water partition coefficient (Wildman–Crippen LogP) is 1.84. The highest BCUT2D eigenvalue weighted by Crippen LogP contribution is 2.26. The van der Waals surface area contributed by atoms with Crippen molar-refractivity contribution in [2.45, 2.75) is 31.7 Å². The lowest BCUT2D eigenvalue weighted by Crippen LogP contribution is -2.36. The van der Waals surface area contributed by atoms with Crippen molar-refractivity contribution in [3.8, 4) is 0 Å². The molecule has 0 aliphatic carbocycles. The van der Waals surface area contributed by atoms with Gasteiger partial charge in [-0.15, -0.1) is 0 Å². The Labute approximate surface area is 124 Å². The number of fused-ring (bicyclic) bond motifs is 1. The minimum Gasteiger partial charge on any atom is -0.244 e. The van der Waals surface area contributed by atoms with E-state index in [2.05, 4.69) is 9.97 Å². The lowest BCUT2D eigenvalue weighted by atomic mass is 10.1. The molecule has 0 saturated heterocycles. The summed E-state index contributed by atoms with van der Waals surface area (Å²) < 4.78 is 27.2. The molecule has 21 heavy (non-hydrogen) atoms. The summed E-state index contributed by atoms with van der Waals surface area (Å²) in [7, 11) is -3.48. The first-order valence-electron chi connectivity index (χ1n) is 6.83. The molecule has 0 radical (unpaired) electrons. The Kier molecular flexibility index (Phi) is 3.51. The number of aromatic nitrogens is 2. The van der Waals surface area contributed by atoms with E-state index in [9.17, 15) is 8.42 Å². The quantitative estimate of drug-likeness (QED) is 0.849. The molecule has 0 amide bonds. The summed E-state index contributed by atoms with van der Waals surface area (Å²) in [6.45, 7) is 4.52. The molecule has 0 N–H and O–H groups in total. The molecule has 5 nitrogen and oxygen atoms in total. The molecule has 110 valence electrons. The van der Waals surface area contributed by atoms with Crippen LogP contribution in [0.25, 0.3) is 0 Å². The Morgan fingerprint density at radius 1 is 1.24 bits per heavy atom. The maximum Gasteiger partial charge on any atom is 0.243 e. The van der Waals surface area contributed by atoms with Crippen LogP contribution in [-0.4, -0.2) is 29.2 Å². The number of rotatable bonds is 2. The Balaban J connectivity index is 1.99. The minimum absolute atomic E-state index is 0.339. The van der Waals surface area contributed by atoms with E-state index in [1.54, 1.807) is 12.3 Å². The number of aryl methyl sites for hydroxylation is 2. The van der Waals surface area contributed by atoms with Crippen LogP contribution in [0.15, 0.2) is 35.6 Å². The molecule has 0 atom stereocenters. The van der Waals surface area contributed by atoms with E-state index >= 15 is 0 Å². The van der Waals surface area contributed by atoms with Crippen LogP contribution in [0.3, 0.4) is 0 Å². The van der Waals surface area contributed by atoms with Crippen LogP contribution in [0.5, 0.6) is 0 Å². The van der Waals surface area contributed by atoms with E-state index in [1.165, 1.54) is 10.6 Å². The second kappa shape index (κ2) is 5.20. The van der Waals surface area contributed by atoms with Crippen LogP contribution in [0.4, 0.5) is 0 Å². The van der Waals surface area contributed by atoms with Gasteiger partial charge in [0.25, 0.3) is 0 Å². The molecule has 1 aliphatic rings. The van der Waals surface area contributed by atoms with Crippen LogP contribution < -0.4 is 0 Å². The first kappa shape index (κ1) is 14.2. The van der Waals surface area contributed by atoms with Crippen molar-refractivity contribution in [2.24, 2.45) is 0 Å². The van der Waals surface area contributed by atoms with E-state index in [4.69, 9.17) is 0 Å². The maximum atomic E-state index is 12.9. The fourth-order valence-corrected chi connectivity index (χ4v) is 4.30. The van der Waals surface area contributed by atoms with E-state index in [0.29, 0.717) is 24.4 Å². The first-order valence-corrected chi connectivity index (χ1v) is 8.27. The molecule has 1 aromatic heterocycles. The SMILES string of the molecule is Cc1ccc(C)c(S(=O)(=O)N2CCc3ncncc3C2)c1. The van der Waals surface area contributed by atoms with Crippen LogP contribution in [0.1, 0.15) is 22.4 Å². The van der Waals surface area contributed by atoms with Crippen molar-refractivity contribution >= 4 is 10.0 Å². The van der Waals surface area contributed by atoms with Gasteiger partial charge >= 0.3 is 0 Å². The molecule has 3 rings (SSSR count). The highest BCUT2D eigenvalue weighted by Gasteiger charge is 2.30. The molecule has 6 heteroatoms. The Hall–Kier alpha value is -1.79. The zero-order chi connectivity index (χ0) is 15.0. The second-order valence-electron chi connectivity index (χ2n) is 5.35. The van der Waals surface area contributed by atoms with Gasteiger partial charge in [0.15, 0.2) is 0 Å². The van der Waals surface area contributed by atoms with Crippen molar-refractivity contribution in [1.29, 1.82) is 0 Å². The van der Waals surface area contributed by atoms with Crippen molar-refractivity contribution in [1.82, 2.24) is 14.3 Å². The standard InChI is InChI=1S/C15H17N3O2S/c1-11-3-4-12(2)15(7-11)21(19,20)18-6-5-14-13(9-18)8-16-10-17-14/h3-4,7-8,10H,5-6,9H2,1-2H3. The topological polar surface area (TPSA) is 63.2 Å². The molecule has 2 heterocycles. The van der Waals surface area contributed by atoms with E-state index in [-0.39, 0.29) is 0 Å². The number of benzene rings is 1.